The standard InChI is InChI=1S/C13H20N2OS/c1-10(2)11-3-5-12(6-4-11)15-13(16)9-17-8-7-14/h3-6,10H,7-9,14H2,1-2H3,(H,15,16). The summed E-state index contributed by atoms with van der Waals surface area (Å²) >= 11 is 1.55. The first kappa shape index (κ1) is 14.1. The molecule has 94 valence electrons. The molecule has 0 atom stereocenters. The largest absolute Gasteiger partial charge is 0.330 e. The molecule has 1 aromatic rings. The predicted octanol–water partition coefficient (Wildman–Crippen LogP) is 2.44. The van der Waals surface area contributed by atoms with Gasteiger partial charge in [-0.05, 0) is 23.6 Å². The molecule has 0 aromatic heterocycles. The minimum atomic E-state index is 0.0285. The average molecular weight is 252 g/mol. The number of hydrogen-bond acceptors (Lipinski definition) is 3. The molecule has 0 unspecified atom stereocenters. The fourth-order valence-electron chi connectivity index (χ4n) is 1.40. The first-order valence-corrected chi connectivity index (χ1v) is 6.96. The van der Waals surface area contributed by atoms with E-state index in [1.165, 1.54) is 5.56 Å². The van der Waals surface area contributed by atoms with Crippen molar-refractivity contribution >= 4 is 23.4 Å². The van der Waals surface area contributed by atoms with Gasteiger partial charge < -0.3 is 11.1 Å². The number of nitrogens with two attached hydrogens (primary N) is 1. The second-order valence-corrected chi connectivity index (χ2v) is 5.27. The van der Waals surface area contributed by atoms with Crippen LogP contribution >= 0.6 is 11.8 Å². The fraction of sp³-hybridized carbons (Fsp3) is 0.462. The Morgan fingerprint density at radius 1 is 1.35 bits per heavy atom. The molecular weight excluding hydrogens is 232 g/mol. The number of anilines is 1. The third kappa shape index (κ3) is 5.24. The van der Waals surface area contributed by atoms with Gasteiger partial charge >= 0.3 is 0 Å². The molecule has 4 heteroatoms. The smallest absolute Gasteiger partial charge is 0.234 e. The molecule has 3 nitrogen and oxygen atoms in total. The van der Waals surface area contributed by atoms with Crippen LogP contribution in [0.15, 0.2) is 24.3 Å². The highest BCUT2D eigenvalue weighted by molar-refractivity contribution is 7.99. The molecule has 1 amide bonds. The van der Waals surface area contributed by atoms with Crippen LogP contribution in [0.1, 0.15) is 25.3 Å². The SMILES string of the molecule is CC(C)c1ccc(NC(=O)CSCCN)cc1. The maximum Gasteiger partial charge on any atom is 0.234 e. The lowest BCUT2D eigenvalue weighted by molar-refractivity contribution is -0.113. The lowest BCUT2D eigenvalue weighted by Gasteiger charge is -2.08. The molecule has 0 fully saturated rings. The summed E-state index contributed by atoms with van der Waals surface area (Å²) in [6.45, 7) is 4.91. The monoisotopic (exact) mass is 252 g/mol. The van der Waals surface area contributed by atoms with E-state index >= 15 is 0 Å². The van der Waals surface area contributed by atoms with E-state index in [9.17, 15) is 4.79 Å². The van der Waals surface area contributed by atoms with Crippen LogP contribution in [0, 0.1) is 0 Å². The van der Waals surface area contributed by atoms with E-state index in [-0.39, 0.29) is 5.91 Å². The first-order valence-electron chi connectivity index (χ1n) is 5.81. The summed E-state index contributed by atoms with van der Waals surface area (Å²) in [4.78, 5) is 11.5. The van der Waals surface area contributed by atoms with Crippen molar-refractivity contribution in [1.82, 2.24) is 0 Å². The van der Waals surface area contributed by atoms with Gasteiger partial charge in [0.05, 0.1) is 5.75 Å². The van der Waals surface area contributed by atoms with Crippen molar-refractivity contribution in [2.24, 2.45) is 5.73 Å². The summed E-state index contributed by atoms with van der Waals surface area (Å²) in [6.07, 6.45) is 0. The van der Waals surface area contributed by atoms with Gasteiger partial charge in [0.2, 0.25) is 5.91 Å². The molecule has 0 aliphatic rings. The third-order valence-corrected chi connectivity index (χ3v) is 3.35. The van der Waals surface area contributed by atoms with Crippen molar-refractivity contribution in [3.63, 3.8) is 0 Å². The van der Waals surface area contributed by atoms with Gasteiger partial charge in [-0.15, -0.1) is 0 Å². The van der Waals surface area contributed by atoms with Crippen molar-refractivity contribution < 1.29 is 4.79 Å². The van der Waals surface area contributed by atoms with Crippen LogP contribution in [0.2, 0.25) is 0 Å². The predicted molar refractivity (Wildman–Crippen MR) is 75.5 cm³/mol. The molecule has 17 heavy (non-hydrogen) atoms. The Morgan fingerprint density at radius 3 is 2.53 bits per heavy atom. The molecular formula is C13H20N2OS. The molecule has 0 heterocycles. The second kappa shape index (κ2) is 7.35. The number of thioether (sulfide) groups is 1. The average Bonchev–Trinajstić information content (AvgIpc) is 2.30. The van der Waals surface area contributed by atoms with Crippen LogP contribution in [0.5, 0.6) is 0 Å². The van der Waals surface area contributed by atoms with Crippen molar-refractivity contribution in [3.05, 3.63) is 29.8 Å². The number of nitrogens with one attached hydrogen (secondary N) is 1. The van der Waals surface area contributed by atoms with E-state index in [4.69, 9.17) is 5.73 Å². The molecule has 0 spiro atoms. The normalized spacial score (nSPS) is 10.6. The van der Waals surface area contributed by atoms with E-state index in [2.05, 4.69) is 19.2 Å². The van der Waals surface area contributed by atoms with Crippen molar-refractivity contribution in [2.45, 2.75) is 19.8 Å². The maximum atomic E-state index is 11.5. The van der Waals surface area contributed by atoms with E-state index in [0.717, 1.165) is 11.4 Å². The van der Waals surface area contributed by atoms with Crippen LogP contribution < -0.4 is 11.1 Å². The highest BCUT2D eigenvalue weighted by Crippen LogP contribution is 2.17. The number of benzene rings is 1. The third-order valence-electron chi connectivity index (χ3n) is 2.36. The van der Waals surface area contributed by atoms with Gasteiger partial charge in [0.1, 0.15) is 0 Å². The lowest BCUT2D eigenvalue weighted by atomic mass is 10.0. The Kier molecular flexibility index (Phi) is 6.08. The van der Waals surface area contributed by atoms with Gasteiger partial charge in [-0.1, -0.05) is 26.0 Å². The zero-order valence-corrected chi connectivity index (χ0v) is 11.2. The molecule has 0 aliphatic carbocycles. The summed E-state index contributed by atoms with van der Waals surface area (Å²) in [6, 6.07) is 7.99. The number of hydrogen-bond donors (Lipinski definition) is 2. The van der Waals surface area contributed by atoms with Crippen molar-refractivity contribution in [3.8, 4) is 0 Å². The number of amides is 1. The maximum absolute atomic E-state index is 11.5. The summed E-state index contributed by atoms with van der Waals surface area (Å²) in [7, 11) is 0. The van der Waals surface area contributed by atoms with Gasteiger partial charge in [-0.2, -0.15) is 11.8 Å². The zero-order valence-electron chi connectivity index (χ0n) is 10.4. The topological polar surface area (TPSA) is 55.1 Å². The fourth-order valence-corrected chi connectivity index (χ4v) is 1.97. The van der Waals surface area contributed by atoms with Crippen LogP contribution in [-0.2, 0) is 4.79 Å². The van der Waals surface area contributed by atoms with E-state index in [1.54, 1.807) is 11.8 Å². The number of rotatable bonds is 6. The number of carbonyl (C=O) groups excluding carboxylic acids is 1. The molecule has 0 bridgehead atoms. The first-order chi connectivity index (χ1) is 8.13. The Hall–Kier alpha value is -1.00. The zero-order chi connectivity index (χ0) is 12.7. The second-order valence-electron chi connectivity index (χ2n) is 4.17. The molecule has 1 aromatic carbocycles. The highest BCUT2D eigenvalue weighted by atomic mass is 32.2. The van der Waals surface area contributed by atoms with Crippen molar-refractivity contribution in [1.29, 1.82) is 0 Å². The summed E-state index contributed by atoms with van der Waals surface area (Å²) in [5.41, 5.74) is 7.49. The number of carbonyl (C=O) groups is 1. The Morgan fingerprint density at radius 2 is 2.00 bits per heavy atom. The van der Waals surface area contributed by atoms with E-state index in [1.807, 2.05) is 24.3 Å². The Labute approximate surface area is 107 Å². The molecule has 1 rings (SSSR count). The Balaban J connectivity index is 2.43. The minimum absolute atomic E-state index is 0.0285. The van der Waals surface area contributed by atoms with Gasteiger partial charge in [0.25, 0.3) is 0 Å². The van der Waals surface area contributed by atoms with Crippen molar-refractivity contribution in [2.75, 3.05) is 23.4 Å². The molecule has 0 aliphatic heterocycles. The van der Waals surface area contributed by atoms with Gasteiger partial charge in [0, 0.05) is 18.0 Å². The van der Waals surface area contributed by atoms with Gasteiger partial charge in [-0.3, -0.25) is 4.79 Å². The molecule has 0 saturated heterocycles. The summed E-state index contributed by atoms with van der Waals surface area (Å²) in [5, 5.41) is 2.87. The van der Waals surface area contributed by atoms with E-state index < -0.39 is 0 Å². The van der Waals surface area contributed by atoms with Crippen LogP contribution in [0.25, 0.3) is 0 Å². The van der Waals surface area contributed by atoms with Gasteiger partial charge in [0.15, 0.2) is 0 Å². The minimum Gasteiger partial charge on any atom is -0.330 e. The van der Waals surface area contributed by atoms with Crippen LogP contribution in [-0.4, -0.2) is 24.0 Å². The summed E-state index contributed by atoms with van der Waals surface area (Å²) < 4.78 is 0. The lowest BCUT2D eigenvalue weighted by Crippen LogP contribution is -2.15. The highest BCUT2D eigenvalue weighted by Gasteiger charge is 2.03. The van der Waals surface area contributed by atoms with Crippen LogP contribution in [0.4, 0.5) is 5.69 Å². The Bertz CT molecular complexity index is 349. The van der Waals surface area contributed by atoms with E-state index in [0.29, 0.717) is 18.2 Å². The van der Waals surface area contributed by atoms with Gasteiger partial charge in [-0.25, -0.2) is 0 Å². The molecule has 3 N–H and O–H groups in total. The molecule has 0 saturated carbocycles. The summed E-state index contributed by atoms with van der Waals surface area (Å²) in [5.74, 6) is 1.82. The molecule has 0 radical (unpaired) electrons. The van der Waals surface area contributed by atoms with Crippen LogP contribution in [0.3, 0.4) is 0 Å². The quantitative estimate of drug-likeness (QED) is 0.765.